The number of sulfone groups is 1. The molecule has 2 atom stereocenters. The van der Waals surface area contributed by atoms with Gasteiger partial charge < -0.3 is 9.64 Å². The molecule has 0 aromatic heterocycles. The van der Waals surface area contributed by atoms with Gasteiger partial charge in [0.05, 0.1) is 11.5 Å². The van der Waals surface area contributed by atoms with Crippen LogP contribution in [0.1, 0.15) is 37.8 Å². The van der Waals surface area contributed by atoms with Crippen molar-refractivity contribution < 1.29 is 22.7 Å². The third-order valence-corrected chi connectivity index (χ3v) is 6.50. The van der Waals surface area contributed by atoms with Crippen molar-refractivity contribution in [1.82, 2.24) is 4.90 Å². The highest BCUT2D eigenvalue weighted by molar-refractivity contribution is 7.91. The molecular weight excluding hydrogens is 366 g/mol. The van der Waals surface area contributed by atoms with Crippen LogP contribution in [0, 0.1) is 6.92 Å². The third-order valence-electron chi connectivity index (χ3n) is 4.75. The molecule has 1 amide bonds. The number of amides is 1. The van der Waals surface area contributed by atoms with E-state index in [0.717, 1.165) is 11.1 Å². The summed E-state index contributed by atoms with van der Waals surface area (Å²) in [5.74, 6) is -0.891. The lowest BCUT2D eigenvalue weighted by molar-refractivity contribution is -0.150. The number of esters is 1. The molecule has 0 spiro atoms. The van der Waals surface area contributed by atoms with Crippen LogP contribution in [0.25, 0.3) is 6.08 Å². The number of nitrogens with zero attached hydrogens (tertiary/aromatic N) is 1. The Balaban J connectivity index is 1.95. The maximum absolute atomic E-state index is 12.6. The summed E-state index contributed by atoms with van der Waals surface area (Å²) in [5.41, 5.74) is 1.95. The lowest BCUT2D eigenvalue weighted by Gasteiger charge is -2.33. The summed E-state index contributed by atoms with van der Waals surface area (Å²) < 4.78 is 28.6. The monoisotopic (exact) mass is 393 g/mol. The fourth-order valence-electron chi connectivity index (χ4n) is 3.19. The highest BCUT2D eigenvalue weighted by Crippen LogP contribution is 2.21. The van der Waals surface area contributed by atoms with Gasteiger partial charge in [-0.05, 0) is 38.3 Å². The maximum Gasteiger partial charge on any atom is 0.331 e. The summed E-state index contributed by atoms with van der Waals surface area (Å²) in [4.78, 5) is 26.1. The Hall–Kier alpha value is -2.15. The van der Waals surface area contributed by atoms with E-state index in [1.807, 2.05) is 45.0 Å². The number of hydrogen-bond donors (Lipinski definition) is 0. The van der Waals surface area contributed by atoms with Crippen LogP contribution in [-0.4, -0.2) is 55.4 Å². The van der Waals surface area contributed by atoms with Gasteiger partial charge in [-0.3, -0.25) is 4.79 Å². The second-order valence-electron chi connectivity index (χ2n) is 6.97. The molecule has 6 nitrogen and oxygen atoms in total. The fraction of sp³-hybridized carbons (Fsp3) is 0.500. The number of carbonyl (C=O) groups excluding carboxylic acids is 2. The van der Waals surface area contributed by atoms with Gasteiger partial charge in [-0.15, -0.1) is 0 Å². The molecule has 0 unspecified atom stereocenters. The van der Waals surface area contributed by atoms with Gasteiger partial charge in [0, 0.05) is 18.2 Å². The molecule has 0 bridgehead atoms. The Labute approximate surface area is 161 Å². The first-order chi connectivity index (χ1) is 12.7. The molecule has 148 valence electrons. The van der Waals surface area contributed by atoms with Crippen molar-refractivity contribution in [2.75, 3.05) is 18.1 Å². The Bertz CT molecular complexity index is 815. The molecule has 0 N–H and O–H groups in total. The first-order valence-electron chi connectivity index (χ1n) is 9.15. The standard InChI is InChI=1S/C20H27NO5S/c1-4-16(3)21(18-10-11-27(24,25)14-18)19(22)13-26-20(23)9-8-17-7-5-6-15(2)12-17/h5-9,12,16,18H,4,10-11,13-14H2,1-3H3/b9-8+/t16-,18-/m0/s1. The van der Waals surface area contributed by atoms with Gasteiger partial charge in [0.25, 0.3) is 5.91 Å². The molecule has 1 aliphatic rings. The third kappa shape index (κ3) is 6.20. The van der Waals surface area contributed by atoms with E-state index < -0.39 is 22.4 Å². The second kappa shape index (κ2) is 9.17. The van der Waals surface area contributed by atoms with Crippen molar-refractivity contribution in [3.63, 3.8) is 0 Å². The summed E-state index contributed by atoms with van der Waals surface area (Å²) in [6.07, 6.45) is 4.05. The largest absolute Gasteiger partial charge is 0.452 e. The molecule has 1 saturated heterocycles. The van der Waals surface area contributed by atoms with Crippen molar-refractivity contribution in [1.29, 1.82) is 0 Å². The van der Waals surface area contributed by atoms with Gasteiger partial charge in [0.2, 0.25) is 0 Å². The Morgan fingerprint density at radius 3 is 2.70 bits per heavy atom. The predicted molar refractivity (Wildman–Crippen MR) is 105 cm³/mol. The summed E-state index contributed by atoms with van der Waals surface area (Å²) in [5, 5.41) is 0. The summed E-state index contributed by atoms with van der Waals surface area (Å²) in [6, 6.07) is 7.19. The van der Waals surface area contributed by atoms with Crippen molar-refractivity contribution in [3.8, 4) is 0 Å². The lowest BCUT2D eigenvalue weighted by Crippen LogP contribution is -2.48. The van der Waals surface area contributed by atoms with Gasteiger partial charge in [0.15, 0.2) is 16.4 Å². The molecule has 1 heterocycles. The van der Waals surface area contributed by atoms with Crippen LogP contribution in [0.3, 0.4) is 0 Å². The summed E-state index contributed by atoms with van der Waals surface area (Å²) in [6.45, 7) is 5.38. The van der Waals surface area contributed by atoms with Gasteiger partial charge in [-0.1, -0.05) is 36.8 Å². The first-order valence-corrected chi connectivity index (χ1v) is 11.0. The molecule has 0 saturated carbocycles. The average molecular weight is 394 g/mol. The zero-order chi connectivity index (χ0) is 20.0. The molecular formula is C20H27NO5S. The molecule has 1 aliphatic heterocycles. The normalized spacial score (nSPS) is 19.7. The minimum atomic E-state index is -3.10. The highest BCUT2D eigenvalue weighted by Gasteiger charge is 2.36. The molecule has 2 rings (SSSR count). The minimum absolute atomic E-state index is 0.0235. The van der Waals surface area contributed by atoms with Crippen LogP contribution in [0.2, 0.25) is 0 Å². The number of carbonyl (C=O) groups is 2. The Kier molecular flexibility index (Phi) is 7.18. The minimum Gasteiger partial charge on any atom is -0.452 e. The van der Waals surface area contributed by atoms with E-state index in [4.69, 9.17) is 4.74 Å². The second-order valence-corrected chi connectivity index (χ2v) is 9.20. The van der Waals surface area contributed by atoms with Crippen LogP contribution in [0.4, 0.5) is 0 Å². The molecule has 27 heavy (non-hydrogen) atoms. The Morgan fingerprint density at radius 1 is 1.37 bits per heavy atom. The van der Waals surface area contributed by atoms with Crippen LogP contribution >= 0.6 is 0 Å². The van der Waals surface area contributed by atoms with Crippen LogP contribution in [-0.2, 0) is 24.2 Å². The van der Waals surface area contributed by atoms with Crippen molar-refractivity contribution in [2.45, 2.75) is 45.7 Å². The van der Waals surface area contributed by atoms with Crippen LogP contribution in [0.5, 0.6) is 0 Å². The van der Waals surface area contributed by atoms with E-state index in [9.17, 15) is 18.0 Å². The van der Waals surface area contributed by atoms with E-state index >= 15 is 0 Å². The number of hydrogen-bond acceptors (Lipinski definition) is 5. The van der Waals surface area contributed by atoms with E-state index in [0.29, 0.717) is 12.8 Å². The summed E-state index contributed by atoms with van der Waals surface area (Å²) in [7, 11) is -3.10. The SMILES string of the molecule is CC[C@H](C)N(C(=O)COC(=O)/C=C/c1cccc(C)c1)[C@H]1CCS(=O)(=O)C1. The smallest absolute Gasteiger partial charge is 0.331 e. The Morgan fingerprint density at radius 2 is 2.11 bits per heavy atom. The van der Waals surface area contributed by atoms with E-state index in [2.05, 4.69) is 0 Å². The molecule has 1 aromatic rings. The number of ether oxygens (including phenoxy) is 1. The maximum atomic E-state index is 12.6. The zero-order valence-electron chi connectivity index (χ0n) is 16.1. The number of aryl methyl sites for hydroxylation is 1. The van der Waals surface area contributed by atoms with Gasteiger partial charge in [-0.25, -0.2) is 13.2 Å². The first kappa shape index (κ1) is 21.2. The van der Waals surface area contributed by atoms with Crippen molar-refractivity contribution >= 4 is 27.8 Å². The summed E-state index contributed by atoms with van der Waals surface area (Å²) >= 11 is 0. The fourth-order valence-corrected chi connectivity index (χ4v) is 4.91. The van der Waals surface area contributed by atoms with Crippen LogP contribution < -0.4 is 0 Å². The number of benzene rings is 1. The van der Waals surface area contributed by atoms with E-state index in [-0.39, 0.29) is 29.5 Å². The molecule has 1 fully saturated rings. The van der Waals surface area contributed by atoms with Gasteiger partial charge in [-0.2, -0.15) is 0 Å². The molecule has 0 radical (unpaired) electrons. The van der Waals surface area contributed by atoms with Gasteiger partial charge in [0.1, 0.15) is 0 Å². The van der Waals surface area contributed by atoms with E-state index in [1.165, 1.54) is 6.08 Å². The predicted octanol–water partition coefficient (Wildman–Crippen LogP) is 2.37. The van der Waals surface area contributed by atoms with E-state index in [1.54, 1.807) is 11.0 Å². The van der Waals surface area contributed by atoms with Crippen LogP contribution in [0.15, 0.2) is 30.3 Å². The van der Waals surface area contributed by atoms with Gasteiger partial charge >= 0.3 is 5.97 Å². The zero-order valence-corrected chi connectivity index (χ0v) is 16.9. The average Bonchev–Trinajstić information content (AvgIpc) is 2.97. The van der Waals surface area contributed by atoms with Crippen molar-refractivity contribution in [2.24, 2.45) is 0 Å². The highest BCUT2D eigenvalue weighted by atomic mass is 32.2. The molecule has 7 heteroatoms. The molecule has 1 aromatic carbocycles. The topological polar surface area (TPSA) is 80.8 Å². The lowest BCUT2D eigenvalue weighted by atomic mass is 10.1. The van der Waals surface area contributed by atoms with Crippen molar-refractivity contribution in [3.05, 3.63) is 41.5 Å². The molecule has 0 aliphatic carbocycles. The quantitative estimate of drug-likeness (QED) is 0.525. The number of rotatable bonds is 7.